The minimum Gasteiger partial charge on any atom is -0.208 e. The van der Waals surface area contributed by atoms with Crippen LogP contribution in [0.2, 0.25) is 0 Å². The minimum atomic E-state index is -0.512. The largest absolute Gasteiger partial charge is 0.208 e. The molecule has 0 amide bonds. The van der Waals surface area contributed by atoms with Crippen molar-refractivity contribution in [1.82, 2.24) is 15.0 Å². The number of hydrogen-bond acceptors (Lipinski definition) is 4. The second kappa shape index (κ2) is 12.4. The van der Waals surface area contributed by atoms with Crippen molar-refractivity contribution < 1.29 is 0 Å². The number of nitrogens with zero attached hydrogens (tertiary/aromatic N) is 3. The molecule has 244 valence electrons. The molecule has 0 aliphatic heterocycles. The molecule has 0 N–H and O–H groups in total. The number of thiophene rings is 1. The minimum absolute atomic E-state index is 0.512. The van der Waals surface area contributed by atoms with Crippen LogP contribution in [0.4, 0.5) is 0 Å². The monoisotopic (exact) mass is 681 g/mol. The summed E-state index contributed by atoms with van der Waals surface area (Å²) in [6, 6.07) is 67.0. The zero-order valence-corrected chi connectivity index (χ0v) is 29.0. The number of fused-ring (bicyclic) bond motifs is 4. The van der Waals surface area contributed by atoms with Gasteiger partial charge < -0.3 is 0 Å². The lowest BCUT2D eigenvalue weighted by atomic mass is 9.67. The topological polar surface area (TPSA) is 38.7 Å². The normalized spacial score (nSPS) is 12.8. The third-order valence-electron chi connectivity index (χ3n) is 10.2. The van der Waals surface area contributed by atoms with Gasteiger partial charge >= 0.3 is 0 Å². The molecular weight excluding hydrogens is 651 g/mol. The molecule has 0 atom stereocenters. The molecule has 1 aliphatic rings. The summed E-state index contributed by atoms with van der Waals surface area (Å²) in [4.78, 5) is 16.6. The van der Waals surface area contributed by atoms with E-state index in [1.165, 1.54) is 49.0 Å². The van der Waals surface area contributed by atoms with Crippen LogP contribution in [0.1, 0.15) is 22.3 Å². The van der Waals surface area contributed by atoms with E-state index in [0.717, 1.165) is 21.6 Å². The van der Waals surface area contributed by atoms with Crippen molar-refractivity contribution in [3.63, 3.8) is 0 Å². The van der Waals surface area contributed by atoms with Crippen LogP contribution >= 0.6 is 11.3 Å². The molecule has 9 aromatic rings. The Balaban J connectivity index is 1.19. The molecule has 0 bridgehead atoms. The maximum atomic E-state index is 5.22. The highest BCUT2D eigenvalue weighted by Crippen LogP contribution is 2.56. The van der Waals surface area contributed by atoms with Gasteiger partial charge in [-0.1, -0.05) is 170 Å². The number of benzene rings is 7. The first-order valence-corrected chi connectivity index (χ1v) is 18.3. The fourth-order valence-electron chi connectivity index (χ4n) is 7.86. The van der Waals surface area contributed by atoms with Gasteiger partial charge in [-0.3, -0.25) is 0 Å². The van der Waals surface area contributed by atoms with Crippen LogP contribution in [0.3, 0.4) is 0 Å². The van der Waals surface area contributed by atoms with Crippen LogP contribution in [0, 0.1) is 0 Å². The number of rotatable bonds is 6. The summed E-state index contributed by atoms with van der Waals surface area (Å²) >= 11 is 1.71. The molecule has 52 heavy (non-hydrogen) atoms. The van der Waals surface area contributed by atoms with E-state index < -0.39 is 5.41 Å². The van der Waals surface area contributed by atoms with Crippen LogP contribution < -0.4 is 0 Å². The average Bonchev–Trinajstić information content (AvgIpc) is 3.80. The van der Waals surface area contributed by atoms with Gasteiger partial charge in [0.15, 0.2) is 17.5 Å². The SMILES string of the molecule is c1ccc(-c2ccc(-c3nc(-c4ccc5c(c4)C(c4ccccc4)(c4ccccc4)c4ccccc4-5)nc(-c4cc5ccccc5s4)n3)cc2)cc1. The Morgan fingerprint density at radius 2 is 0.885 bits per heavy atom. The molecular formula is C48H31N3S. The summed E-state index contributed by atoms with van der Waals surface area (Å²) in [6.07, 6.45) is 0. The first-order chi connectivity index (χ1) is 25.8. The summed E-state index contributed by atoms with van der Waals surface area (Å²) in [6.45, 7) is 0. The molecule has 0 radical (unpaired) electrons. The van der Waals surface area contributed by atoms with Gasteiger partial charge in [-0.05, 0) is 68.1 Å². The molecule has 4 heteroatoms. The van der Waals surface area contributed by atoms with Crippen LogP contribution in [0.5, 0.6) is 0 Å². The van der Waals surface area contributed by atoms with Gasteiger partial charge in [0.2, 0.25) is 0 Å². The molecule has 0 saturated heterocycles. The van der Waals surface area contributed by atoms with Crippen LogP contribution in [0.15, 0.2) is 188 Å². The summed E-state index contributed by atoms with van der Waals surface area (Å²) < 4.78 is 1.21. The van der Waals surface area contributed by atoms with Crippen molar-refractivity contribution in [2.45, 2.75) is 5.41 Å². The van der Waals surface area contributed by atoms with Crippen molar-refractivity contribution in [2.75, 3.05) is 0 Å². The van der Waals surface area contributed by atoms with Crippen LogP contribution in [0.25, 0.3) is 65.8 Å². The Labute approximate surface area is 306 Å². The van der Waals surface area contributed by atoms with Crippen molar-refractivity contribution in [2.24, 2.45) is 0 Å². The molecule has 2 heterocycles. The van der Waals surface area contributed by atoms with E-state index in [1.807, 2.05) is 6.07 Å². The molecule has 2 aromatic heterocycles. The van der Waals surface area contributed by atoms with Crippen molar-refractivity contribution in [3.8, 4) is 55.7 Å². The maximum Gasteiger partial charge on any atom is 0.174 e. The van der Waals surface area contributed by atoms with E-state index in [0.29, 0.717) is 17.5 Å². The Morgan fingerprint density at radius 1 is 0.365 bits per heavy atom. The number of hydrogen-bond donors (Lipinski definition) is 0. The third-order valence-corrected chi connectivity index (χ3v) is 11.4. The second-order valence-electron chi connectivity index (χ2n) is 13.2. The van der Waals surface area contributed by atoms with E-state index in [1.54, 1.807) is 11.3 Å². The first kappa shape index (κ1) is 30.3. The Morgan fingerprint density at radius 3 is 1.60 bits per heavy atom. The van der Waals surface area contributed by atoms with Gasteiger partial charge in [0.25, 0.3) is 0 Å². The Hall–Kier alpha value is -6.49. The molecule has 10 rings (SSSR count). The van der Waals surface area contributed by atoms with Gasteiger partial charge in [0.05, 0.1) is 10.3 Å². The standard InChI is InChI=1S/C48H31N3S/c1-4-14-32(15-5-1)33-24-26-34(27-25-33)45-49-46(51-47(50-45)44-31-35-16-10-13-23-43(35)52-44)36-28-29-40-39-21-11-12-22-41(39)48(42(40)30-36,37-17-6-2-7-18-37)38-19-8-3-9-20-38/h1-31H. The van der Waals surface area contributed by atoms with Gasteiger partial charge in [-0.2, -0.15) is 0 Å². The van der Waals surface area contributed by atoms with Gasteiger partial charge in [0.1, 0.15) is 0 Å². The summed E-state index contributed by atoms with van der Waals surface area (Å²) in [7, 11) is 0. The predicted molar refractivity (Wildman–Crippen MR) is 214 cm³/mol. The van der Waals surface area contributed by atoms with E-state index in [2.05, 4.69) is 182 Å². The van der Waals surface area contributed by atoms with E-state index in [-0.39, 0.29) is 0 Å². The second-order valence-corrected chi connectivity index (χ2v) is 14.3. The van der Waals surface area contributed by atoms with E-state index >= 15 is 0 Å². The fourth-order valence-corrected chi connectivity index (χ4v) is 8.86. The molecule has 3 nitrogen and oxygen atoms in total. The fraction of sp³-hybridized carbons (Fsp3) is 0.0208. The summed E-state index contributed by atoms with van der Waals surface area (Å²) in [5.41, 5.74) is 11.1. The van der Waals surface area contributed by atoms with Gasteiger partial charge in [-0.25, -0.2) is 15.0 Å². The van der Waals surface area contributed by atoms with Crippen LogP contribution in [-0.2, 0) is 5.41 Å². The number of aromatic nitrogens is 3. The molecule has 1 aliphatic carbocycles. The van der Waals surface area contributed by atoms with Gasteiger partial charge in [-0.15, -0.1) is 11.3 Å². The zero-order valence-electron chi connectivity index (χ0n) is 28.1. The van der Waals surface area contributed by atoms with Crippen LogP contribution in [-0.4, -0.2) is 15.0 Å². The molecule has 0 spiro atoms. The quantitative estimate of drug-likeness (QED) is 0.175. The lowest BCUT2D eigenvalue weighted by Crippen LogP contribution is -2.28. The molecule has 0 unspecified atom stereocenters. The van der Waals surface area contributed by atoms with Crippen molar-refractivity contribution in [3.05, 3.63) is 210 Å². The predicted octanol–water partition coefficient (Wildman–Crippen LogP) is 12.1. The van der Waals surface area contributed by atoms with E-state index in [9.17, 15) is 0 Å². The lowest BCUT2D eigenvalue weighted by Gasteiger charge is -2.34. The summed E-state index contributed by atoms with van der Waals surface area (Å²) in [5, 5.41) is 1.18. The lowest BCUT2D eigenvalue weighted by molar-refractivity contribution is 0.768. The Kier molecular flexibility index (Phi) is 7.22. The smallest absolute Gasteiger partial charge is 0.174 e. The van der Waals surface area contributed by atoms with Crippen molar-refractivity contribution in [1.29, 1.82) is 0 Å². The molecule has 7 aromatic carbocycles. The highest BCUT2D eigenvalue weighted by atomic mass is 32.1. The Bertz CT molecular complexity index is 2650. The molecule has 0 fully saturated rings. The third kappa shape index (κ3) is 4.91. The van der Waals surface area contributed by atoms with Gasteiger partial charge in [0, 0.05) is 15.8 Å². The first-order valence-electron chi connectivity index (χ1n) is 17.5. The van der Waals surface area contributed by atoms with E-state index in [4.69, 9.17) is 15.0 Å². The maximum absolute atomic E-state index is 5.22. The zero-order chi connectivity index (χ0) is 34.5. The molecule has 0 saturated carbocycles. The summed E-state index contributed by atoms with van der Waals surface area (Å²) in [5.74, 6) is 1.98. The highest BCUT2D eigenvalue weighted by molar-refractivity contribution is 7.22. The highest BCUT2D eigenvalue weighted by Gasteiger charge is 2.46. The average molecular weight is 682 g/mol. The van der Waals surface area contributed by atoms with Crippen molar-refractivity contribution >= 4 is 21.4 Å².